The first-order valence-corrected chi connectivity index (χ1v) is 22.3. The number of unbranched alkanes of at least 4 members (excludes halogenated alkanes) is 18. The lowest BCUT2D eigenvalue weighted by Gasteiger charge is -2.18. The summed E-state index contributed by atoms with van der Waals surface area (Å²) in [4.78, 5) is 37.6. The molecule has 0 rings (SSSR count). The normalized spacial score (nSPS) is 12.6. The van der Waals surface area contributed by atoms with Gasteiger partial charge in [-0.25, -0.2) is 0 Å². The molecular weight excluding hydrogens is 673 g/mol. The van der Waals surface area contributed by atoms with Crippen LogP contribution < -0.4 is 0 Å². The molecule has 1 atom stereocenters. The molecule has 54 heavy (non-hydrogen) atoms. The van der Waals surface area contributed by atoms with Crippen molar-refractivity contribution >= 4 is 17.9 Å². The second-order valence-electron chi connectivity index (χ2n) is 14.6. The molecular formula is C48H82O6. The Morgan fingerprint density at radius 2 is 0.741 bits per heavy atom. The number of esters is 3. The van der Waals surface area contributed by atoms with Crippen molar-refractivity contribution in [1.82, 2.24) is 0 Å². The van der Waals surface area contributed by atoms with Gasteiger partial charge in [0.1, 0.15) is 13.2 Å². The van der Waals surface area contributed by atoms with Crippen LogP contribution in [-0.4, -0.2) is 37.2 Å². The van der Waals surface area contributed by atoms with E-state index in [4.69, 9.17) is 14.2 Å². The number of carbonyl (C=O) groups is 3. The molecule has 0 bridgehead atoms. The van der Waals surface area contributed by atoms with Crippen LogP contribution in [0.15, 0.2) is 60.8 Å². The molecule has 310 valence electrons. The average molecular weight is 755 g/mol. The van der Waals surface area contributed by atoms with E-state index in [9.17, 15) is 14.4 Å². The van der Waals surface area contributed by atoms with Crippen LogP contribution in [0, 0.1) is 0 Å². The quantitative estimate of drug-likeness (QED) is 0.0269. The monoisotopic (exact) mass is 755 g/mol. The molecule has 0 N–H and O–H groups in total. The summed E-state index contributed by atoms with van der Waals surface area (Å²) in [6.45, 7) is 6.40. The van der Waals surface area contributed by atoms with Crippen LogP contribution in [-0.2, 0) is 28.6 Å². The first-order valence-electron chi connectivity index (χ1n) is 22.3. The van der Waals surface area contributed by atoms with Gasteiger partial charge in [-0.15, -0.1) is 0 Å². The summed E-state index contributed by atoms with van der Waals surface area (Å²) in [7, 11) is 0. The molecule has 0 aromatic rings. The molecule has 0 fully saturated rings. The maximum Gasteiger partial charge on any atom is 0.306 e. The highest BCUT2D eigenvalue weighted by molar-refractivity contribution is 5.71. The Hall–Kier alpha value is -2.89. The molecule has 1 unspecified atom stereocenters. The van der Waals surface area contributed by atoms with Crippen molar-refractivity contribution in [1.29, 1.82) is 0 Å². The van der Waals surface area contributed by atoms with Crippen molar-refractivity contribution in [3.05, 3.63) is 60.8 Å². The highest BCUT2D eigenvalue weighted by Gasteiger charge is 2.19. The minimum atomic E-state index is -0.783. The molecule has 0 aliphatic heterocycles. The van der Waals surface area contributed by atoms with Gasteiger partial charge in [0.2, 0.25) is 0 Å². The Labute approximate surface area is 332 Å². The Morgan fingerprint density at radius 3 is 1.19 bits per heavy atom. The van der Waals surface area contributed by atoms with Crippen LogP contribution in [0.3, 0.4) is 0 Å². The molecule has 0 amide bonds. The fourth-order valence-electron chi connectivity index (χ4n) is 5.88. The number of hydrogen-bond donors (Lipinski definition) is 0. The van der Waals surface area contributed by atoms with Gasteiger partial charge in [-0.3, -0.25) is 14.4 Å². The topological polar surface area (TPSA) is 78.9 Å². The third kappa shape index (κ3) is 40.3. The summed E-state index contributed by atoms with van der Waals surface area (Å²) < 4.78 is 16.6. The molecule has 0 aromatic carbocycles. The second-order valence-corrected chi connectivity index (χ2v) is 14.6. The highest BCUT2D eigenvalue weighted by Crippen LogP contribution is 2.13. The van der Waals surface area contributed by atoms with Crippen molar-refractivity contribution in [2.45, 2.75) is 213 Å². The van der Waals surface area contributed by atoms with E-state index >= 15 is 0 Å². The van der Waals surface area contributed by atoms with E-state index in [1.165, 1.54) is 44.9 Å². The number of allylic oxidation sites excluding steroid dienone is 10. The fourth-order valence-corrected chi connectivity index (χ4v) is 5.88. The summed E-state index contributed by atoms with van der Waals surface area (Å²) >= 11 is 0. The highest BCUT2D eigenvalue weighted by atomic mass is 16.6. The first-order chi connectivity index (χ1) is 26.5. The minimum Gasteiger partial charge on any atom is -0.462 e. The lowest BCUT2D eigenvalue weighted by Crippen LogP contribution is -2.30. The third-order valence-corrected chi connectivity index (χ3v) is 9.26. The van der Waals surface area contributed by atoms with Gasteiger partial charge in [0.15, 0.2) is 6.10 Å². The summed E-state index contributed by atoms with van der Waals surface area (Å²) in [5, 5.41) is 0. The zero-order chi connectivity index (χ0) is 39.4. The van der Waals surface area contributed by atoms with E-state index in [0.717, 1.165) is 122 Å². The average Bonchev–Trinajstić information content (AvgIpc) is 3.17. The molecule has 0 aromatic heterocycles. The summed E-state index contributed by atoms with van der Waals surface area (Å²) in [6.07, 6.45) is 50.7. The molecule has 0 saturated carbocycles. The van der Waals surface area contributed by atoms with Crippen LogP contribution >= 0.6 is 0 Å². The van der Waals surface area contributed by atoms with Crippen molar-refractivity contribution in [2.75, 3.05) is 13.2 Å². The van der Waals surface area contributed by atoms with Gasteiger partial charge in [-0.2, -0.15) is 0 Å². The molecule has 6 heteroatoms. The molecule has 0 aliphatic rings. The van der Waals surface area contributed by atoms with Crippen LogP contribution in [0.2, 0.25) is 0 Å². The van der Waals surface area contributed by atoms with E-state index in [1.807, 2.05) is 0 Å². The lowest BCUT2D eigenvalue weighted by molar-refractivity contribution is -0.167. The van der Waals surface area contributed by atoms with Gasteiger partial charge in [0.05, 0.1) is 0 Å². The van der Waals surface area contributed by atoms with Crippen LogP contribution in [0.25, 0.3) is 0 Å². The van der Waals surface area contributed by atoms with Crippen molar-refractivity contribution in [3.8, 4) is 0 Å². The smallest absolute Gasteiger partial charge is 0.306 e. The molecule has 0 heterocycles. The second kappa shape index (κ2) is 42.8. The van der Waals surface area contributed by atoms with E-state index in [-0.39, 0.29) is 31.1 Å². The standard InChI is InChI=1S/C48H82O6/c1-4-7-10-13-16-18-20-22-24-26-27-29-32-35-38-41-47(50)53-44-45(43-52-46(49)40-37-34-31-15-12-9-6-3)54-48(51)42-39-36-33-30-28-25-23-21-19-17-14-11-8-5-2/h7,10,14,16-18,21-24,45H,4-6,8-9,11-13,15,19-20,25-44H2,1-3H3/b10-7-,17-14-,18-16-,23-21-,24-22-. The number of rotatable bonds is 39. The third-order valence-electron chi connectivity index (χ3n) is 9.26. The zero-order valence-electron chi connectivity index (χ0n) is 35.2. The predicted octanol–water partition coefficient (Wildman–Crippen LogP) is 14.1. The molecule has 0 aliphatic carbocycles. The first kappa shape index (κ1) is 51.1. The van der Waals surface area contributed by atoms with Gasteiger partial charge >= 0.3 is 17.9 Å². The van der Waals surface area contributed by atoms with Gasteiger partial charge in [0.25, 0.3) is 0 Å². The maximum absolute atomic E-state index is 12.7. The minimum absolute atomic E-state index is 0.0859. The van der Waals surface area contributed by atoms with Gasteiger partial charge < -0.3 is 14.2 Å². The number of hydrogen-bond acceptors (Lipinski definition) is 6. The number of ether oxygens (including phenoxy) is 3. The van der Waals surface area contributed by atoms with Crippen molar-refractivity contribution < 1.29 is 28.6 Å². The summed E-state index contributed by atoms with van der Waals surface area (Å²) in [5.41, 5.74) is 0. The van der Waals surface area contributed by atoms with E-state index in [1.54, 1.807) is 0 Å². The Morgan fingerprint density at radius 1 is 0.389 bits per heavy atom. The van der Waals surface area contributed by atoms with Crippen LogP contribution in [0.1, 0.15) is 207 Å². The molecule has 6 nitrogen and oxygen atoms in total. The molecule has 0 spiro atoms. The van der Waals surface area contributed by atoms with Crippen LogP contribution in [0.5, 0.6) is 0 Å². The molecule has 0 radical (unpaired) electrons. The van der Waals surface area contributed by atoms with Gasteiger partial charge in [-0.05, 0) is 77.0 Å². The van der Waals surface area contributed by atoms with Crippen LogP contribution in [0.4, 0.5) is 0 Å². The van der Waals surface area contributed by atoms with E-state index < -0.39 is 6.10 Å². The molecule has 0 saturated heterocycles. The lowest BCUT2D eigenvalue weighted by atomic mass is 10.1. The van der Waals surface area contributed by atoms with Gasteiger partial charge in [-0.1, -0.05) is 171 Å². The van der Waals surface area contributed by atoms with Crippen molar-refractivity contribution in [2.24, 2.45) is 0 Å². The SMILES string of the molecule is CC/C=C\C/C=C\C/C=C\CCCCCCCC(=O)OCC(COC(=O)CCCCCCCCC)OC(=O)CCCCCCC/C=C\C/C=C\CCCC. The summed E-state index contributed by atoms with van der Waals surface area (Å²) in [5.74, 6) is -0.929. The van der Waals surface area contributed by atoms with Gasteiger partial charge in [0, 0.05) is 19.3 Å². The predicted molar refractivity (Wildman–Crippen MR) is 228 cm³/mol. The Balaban J connectivity index is 4.37. The van der Waals surface area contributed by atoms with E-state index in [2.05, 4.69) is 81.5 Å². The summed E-state index contributed by atoms with van der Waals surface area (Å²) in [6, 6.07) is 0. The largest absolute Gasteiger partial charge is 0.462 e. The Bertz CT molecular complexity index is 1010. The van der Waals surface area contributed by atoms with E-state index in [0.29, 0.717) is 19.3 Å². The zero-order valence-corrected chi connectivity index (χ0v) is 35.2. The fraction of sp³-hybridized carbons (Fsp3) is 0.729. The number of carbonyl (C=O) groups excluding carboxylic acids is 3. The maximum atomic E-state index is 12.7. The van der Waals surface area contributed by atoms with Crippen molar-refractivity contribution in [3.63, 3.8) is 0 Å². The Kier molecular flexibility index (Phi) is 40.6.